The zero-order valence-electron chi connectivity index (χ0n) is 16.3. The number of aromatic amines is 1. The van der Waals surface area contributed by atoms with Gasteiger partial charge in [0.25, 0.3) is 0 Å². The molecule has 1 aliphatic carbocycles. The van der Waals surface area contributed by atoms with Gasteiger partial charge in [0.2, 0.25) is 0 Å². The summed E-state index contributed by atoms with van der Waals surface area (Å²) in [6, 6.07) is 18.0. The van der Waals surface area contributed by atoms with Gasteiger partial charge in [-0.1, -0.05) is 30.3 Å². The van der Waals surface area contributed by atoms with Crippen molar-refractivity contribution in [2.45, 2.75) is 44.8 Å². The molecule has 0 amide bonds. The van der Waals surface area contributed by atoms with E-state index >= 15 is 0 Å². The second-order valence-electron chi connectivity index (χ2n) is 8.33. The molecule has 0 bridgehead atoms. The first-order valence-corrected chi connectivity index (χ1v) is 10.6. The van der Waals surface area contributed by atoms with Gasteiger partial charge in [0.05, 0.1) is 6.10 Å². The van der Waals surface area contributed by atoms with Crippen LogP contribution in [-0.2, 0) is 6.54 Å². The molecule has 2 aliphatic rings. The Morgan fingerprint density at radius 2 is 1.89 bits per heavy atom. The Balaban J connectivity index is 1.41. The molecule has 2 heterocycles. The van der Waals surface area contributed by atoms with E-state index in [1.54, 1.807) is 0 Å². The van der Waals surface area contributed by atoms with Gasteiger partial charge in [-0.15, -0.1) is 0 Å². The van der Waals surface area contributed by atoms with E-state index < -0.39 is 0 Å². The van der Waals surface area contributed by atoms with Gasteiger partial charge in [-0.3, -0.25) is 4.90 Å². The Kier molecular flexibility index (Phi) is 4.79. The van der Waals surface area contributed by atoms with Crippen molar-refractivity contribution < 1.29 is 5.11 Å². The molecule has 1 unspecified atom stereocenters. The number of benzene rings is 2. The number of hydrogen-bond acceptors (Lipinski definition) is 2. The predicted octanol–water partition coefficient (Wildman–Crippen LogP) is 5.36. The van der Waals surface area contributed by atoms with Gasteiger partial charge in [0.15, 0.2) is 0 Å². The number of H-pyrrole nitrogens is 1. The fourth-order valence-corrected chi connectivity index (χ4v) is 4.65. The average molecular weight is 373 g/mol. The van der Waals surface area contributed by atoms with E-state index in [0.717, 1.165) is 26.1 Å². The third-order valence-corrected chi connectivity index (χ3v) is 6.18. The summed E-state index contributed by atoms with van der Waals surface area (Å²) < 4.78 is 0. The zero-order valence-corrected chi connectivity index (χ0v) is 16.3. The molecule has 5 rings (SSSR count). The SMILES string of the molecule is OC1CCN(Cc2cc3cc(-c4cccc(C5=CCCCC5)c4)ccc3[nH]2)C1. The highest BCUT2D eigenvalue weighted by molar-refractivity contribution is 5.86. The second-order valence-corrected chi connectivity index (χ2v) is 8.33. The number of likely N-dealkylation sites (tertiary alicyclic amines) is 1. The molecule has 2 N–H and O–H groups in total. The molecule has 1 aromatic heterocycles. The van der Waals surface area contributed by atoms with Crippen LogP contribution in [0.25, 0.3) is 27.6 Å². The topological polar surface area (TPSA) is 39.3 Å². The van der Waals surface area contributed by atoms with E-state index in [4.69, 9.17) is 0 Å². The second kappa shape index (κ2) is 7.57. The summed E-state index contributed by atoms with van der Waals surface area (Å²) in [5, 5.41) is 11.0. The lowest BCUT2D eigenvalue weighted by atomic mass is 9.91. The number of allylic oxidation sites excluding steroid dienone is 2. The van der Waals surface area contributed by atoms with E-state index in [-0.39, 0.29) is 6.10 Å². The van der Waals surface area contributed by atoms with Gasteiger partial charge in [-0.05, 0) is 78.6 Å². The summed E-state index contributed by atoms with van der Waals surface area (Å²) in [4.78, 5) is 5.86. The third-order valence-electron chi connectivity index (χ3n) is 6.18. The Labute approximate surface area is 166 Å². The van der Waals surface area contributed by atoms with Gasteiger partial charge in [-0.2, -0.15) is 0 Å². The number of nitrogens with zero attached hydrogens (tertiary/aromatic N) is 1. The van der Waals surface area contributed by atoms with E-state index in [0.29, 0.717) is 0 Å². The predicted molar refractivity (Wildman–Crippen MR) is 116 cm³/mol. The molecule has 28 heavy (non-hydrogen) atoms. The minimum Gasteiger partial charge on any atom is -0.392 e. The first-order chi connectivity index (χ1) is 13.7. The Morgan fingerprint density at radius 3 is 2.71 bits per heavy atom. The van der Waals surface area contributed by atoms with E-state index in [1.165, 1.54) is 64.5 Å². The molecule has 1 atom stereocenters. The largest absolute Gasteiger partial charge is 0.392 e. The lowest BCUT2D eigenvalue weighted by Gasteiger charge is -2.14. The lowest BCUT2D eigenvalue weighted by molar-refractivity contribution is 0.174. The Morgan fingerprint density at radius 1 is 1.00 bits per heavy atom. The summed E-state index contributed by atoms with van der Waals surface area (Å²) in [6.45, 7) is 2.64. The van der Waals surface area contributed by atoms with Crippen molar-refractivity contribution in [3.63, 3.8) is 0 Å². The van der Waals surface area contributed by atoms with Gasteiger partial charge >= 0.3 is 0 Å². The number of nitrogens with one attached hydrogen (secondary N) is 1. The van der Waals surface area contributed by atoms with E-state index in [2.05, 4.69) is 64.5 Å². The smallest absolute Gasteiger partial charge is 0.0679 e. The first-order valence-electron chi connectivity index (χ1n) is 10.6. The van der Waals surface area contributed by atoms with Crippen molar-refractivity contribution in [2.24, 2.45) is 0 Å². The molecule has 0 spiro atoms. The van der Waals surface area contributed by atoms with Crippen LogP contribution < -0.4 is 0 Å². The highest BCUT2D eigenvalue weighted by Gasteiger charge is 2.20. The van der Waals surface area contributed by atoms with Crippen LogP contribution in [0.2, 0.25) is 0 Å². The standard InChI is InChI=1S/C25H28N2O/c28-24-11-12-27(17-24)16-23-15-22-14-21(9-10-25(22)26-23)20-8-4-7-19(13-20)18-5-2-1-3-6-18/h4-5,7-10,13-15,24,26,28H,1-3,6,11-12,16-17H2. The van der Waals surface area contributed by atoms with Gasteiger partial charge < -0.3 is 10.1 Å². The van der Waals surface area contributed by atoms with Crippen molar-refractivity contribution in [2.75, 3.05) is 13.1 Å². The normalized spacial score (nSPS) is 20.6. The van der Waals surface area contributed by atoms with Gasteiger partial charge in [-0.25, -0.2) is 0 Å². The fourth-order valence-electron chi connectivity index (χ4n) is 4.65. The van der Waals surface area contributed by atoms with Crippen LogP contribution in [0, 0.1) is 0 Å². The molecule has 1 saturated heterocycles. The maximum atomic E-state index is 9.74. The molecule has 0 saturated carbocycles. The molecule has 3 heteroatoms. The van der Waals surface area contributed by atoms with Crippen LogP contribution in [0.5, 0.6) is 0 Å². The Bertz CT molecular complexity index is 1020. The maximum Gasteiger partial charge on any atom is 0.0679 e. The number of rotatable bonds is 4. The number of β-amino-alcohol motifs (C(OH)–C–C–N with tert-alkyl or cyclic N) is 1. The summed E-state index contributed by atoms with van der Waals surface area (Å²) in [6.07, 6.45) is 8.19. The van der Waals surface area contributed by atoms with Crippen LogP contribution >= 0.6 is 0 Å². The molecular weight excluding hydrogens is 344 g/mol. The first kappa shape index (κ1) is 17.7. The number of aliphatic hydroxyl groups excluding tert-OH is 1. The monoisotopic (exact) mass is 372 g/mol. The number of fused-ring (bicyclic) bond motifs is 1. The summed E-state index contributed by atoms with van der Waals surface area (Å²) in [7, 11) is 0. The van der Waals surface area contributed by atoms with Crippen molar-refractivity contribution in [3.05, 3.63) is 65.9 Å². The summed E-state index contributed by atoms with van der Waals surface area (Å²) in [5.41, 5.74) is 7.85. The highest BCUT2D eigenvalue weighted by atomic mass is 16.3. The van der Waals surface area contributed by atoms with Crippen LogP contribution in [0.1, 0.15) is 43.4 Å². The minimum absolute atomic E-state index is 0.164. The number of aliphatic hydroxyl groups is 1. The third kappa shape index (κ3) is 3.65. The van der Waals surface area contributed by atoms with Gasteiger partial charge in [0, 0.05) is 36.2 Å². The van der Waals surface area contributed by atoms with Crippen molar-refractivity contribution in [1.29, 1.82) is 0 Å². The highest BCUT2D eigenvalue weighted by Crippen LogP contribution is 2.31. The quantitative estimate of drug-likeness (QED) is 0.647. The lowest BCUT2D eigenvalue weighted by Crippen LogP contribution is -2.21. The zero-order chi connectivity index (χ0) is 18.9. The van der Waals surface area contributed by atoms with Crippen molar-refractivity contribution >= 4 is 16.5 Å². The summed E-state index contributed by atoms with van der Waals surface area (Å²) >= 11 is 0. The number of aromatic nitrogens is 1. The molecule has 0 radical (unpaired) electrons. The molecule has 144 valence electrons. The van der Waals surface area contributed by atoms with Gasteiger partial charge in [0.1, 0.15) is 0 Å². The van der Waals surface area contributed by atoms with Crippen LogP contribution in [0.15, 0.2) is 54.6 Å². The van der Waals surface area contributed by atoms with Crippen molar-refractivity contribution in [1.82, 2.24) is 9.88 Å². The van der Waals surface area contributed by atoms with Crippen molar-refractivity contribution in [3.8, 4) is 11.1 Å². The summed E-state index contributed by atoms with van der Waals surface area (Å²) in [5.74, 6) is 0. The Hall–Kier alpha value is -2.36. The average Bonchev–Trinajstić information content (AvgIpc) is 3.33. The van der Waals surface area contributed by atoms with E-state index in [1.807, 2.05) is 0 Å². The molecule has 2 aromatic carbocycles. The molecule has 3 nitrogen and oxygen atoms in total. The number of hydrogen-bond donors (Lipinski definition) is 2. The molecule has 3 aromatic rings. The van der Waals surface area contributed by atoms with E-state index in [9.17, 15) is 5.11 Å². The maximum absolute atomic E-state index is 9.74. The van der Waals surface area contributed by atoms with Crippen LogP contribution in [-0.4, -0.2) is 34.2 Å². The molecular formula is C25H28N2O. The fraction of sp³-hybridized carbons (Fsp3) is 0.360. The molecule has 1 aliphatic heterocycles. The van der Waals surface area contributed by atoms with Crippen LogP contribution in [0.3, 0.4) is 0 Å². The minimum atomic E-state index is -0.164. The van der Waals surface area contributed by atoms with Crippen LogP contribution in [0.4, 0.5) is 0 Å². The molecule has 1 fully saturated rings.